The van der Waals surface area contributed by atoms with Crippen molar-refractivity contribution < 1.29 is 23.2 Å². The molecule has 0 unspecified atom stereocenters. The molecule has 0 saturated carbocycles. The molecule has 1 aromatic heterocycles. The fourth-order valence-corrected chi connectivity index (χ4v) is 4.52. The third-order valence-electron chi connectivity index (χ3n) is 5.47. The monoisotopic (exact) mass is 496 g/mol. The molecule has 180 valence electrons. The van der Waals surface area contributed by atoms with Crippen LogP contribution in [0.1, 0.15) is 23.0 Å². The Morgan fingerprint density at radius 1 is 0.971 bits per heavy atom. The first-order chi connectivity index (χ1) is 16.8. The second-order valence-electron chi connectivity index (χ2n) is 7.82. The molecule has 0 bridgehead atoms. The van der Waals surface area contributed by atoms with E-state index in [2.05, 4.69) is 4.98 Å². The molecule has 35 heavy (non-hydrogen) atoms. The molecule has 10 heteroatoms. The summed E-state index contributed by atoms with van der Waals surface area (Å²) in [7, 11) is 0. The number of halogens is 2. The summed E-state index contributed by atoms with van der Waals surface area (Å²) in [6.07, 6.45) is 3.00. The fraction of sp³-hybridized carbons (Fsp3) is 0.200. The summed E-state index contributed by atoms with van der Waals surface area (Å²) in [5, 5.41) is 2.26. The summed E-state index contributed by atoms with van der Waals surface area (Å²) in [5.41, 5.74) is 1.32. The van der Waals surface area contributed by atoms with Gasteiger partial charge in [-0.25, -0.2) is 13.8 Å². The zero-order valence-electron chi connectivity index (χ0n) is 18.9. The van der Waals surface area contributed by atoms with E-state index < -0.39 is 17.5 Å². The number of nitrogens with zero attached hydrogens (tertiary/aromatic N) is 4. The molecule has 3 aromatic rings. The zero-order valence-corrected chi connectivity index (χ0v) is 19.7. The topological polar surface area (TPSA) is 73.8 Å². The normalized spacial score (nSPS) is 13.8. The van der Waals surface area contributed by atoms with Gasteiger partial charge in [0.1, 0.15) is 0 Å². The van der Waals surface area contributed by atoms with Crippen molar-refractivity contribution in [2.24, 2.45) is 0 Å². The summed E-state index contributed by atoms with van der Waals surface area (Å²) in [4.78, 5) is 46.4. The van der Waals surface area contributed by atoms with Crippen LogP contribution in [-0.4, -0.2) is 58.7 Å². The Labute approximate surface area is 204 Å². The van der Waals surface area contributed by atoms with Gasteiger partial charge in [0.2, 0.25) is 11.8 Å². The highest BCUT2D eigenvalue weighted by Gasteiger charge is 2.24. The summed E-state index contributed by atoms with van der Waals surface area (Å²) in [6, 6.07) is 12.2. The number of aromatic nitrogens is 1. The van der Waals surface area contributed by atoms with Crippen LogP contribution in [-0.2, 0) is 9.59 Å². The van der Waals surface area contributed by atoms with E-state index in [-0.39, 0.29) is 30.5 Å². The van der Waals surface area contributed by atoms with E-state index in [4.69, 9.17) is 0 Å². The van der Waals surface area contributed by atoms with Gasteiger partial charge in [-0.2, -0.15) is 0 Å². The molecule has 0 spiro atoms. The van der Waals surface area contributed by atoms with E-state index in [1.165, 1.54) is 40.2 Å². The van der Waals surface area contributed by atoms with Crippen LogP contribution in [0, 0.1) is 11.6 Å². The van der Waals surface area contributed by atoms with Crippen LogP contribution in [0.2, 0.25) is 0 Å². The molecule has 1 aliphatic heterocycles. The van der Waals surface area contributed by atoms with Crippen molar-refractivity contribution in [1.82, 2.24) is 14.8 Å². The Hall–Kier alpha value is -3.92. The van der Waals surface area contributed by atoms with Gasteiger partial charge >= 0.3 is 0 Å². The van der Waals surface area contributed by atoms with E-state index >= 15 is 0 Å². The number of anilines is 2. The van der Waals surface area contributed by atoms with Crippen molar-refractivity contribution in [3.05, 3.63) is 82.9 Å². The van der Waals surface area contributed by atoms with Crippen molar-refractivity contribution in [3.63, 3.8) is 0 Å². The summed E-state index contributed by atoms with van der Waals surface area (Å²) >= 11 is 1.29. The molecule has 0 radical (unpaired) electrons. The standard InChI is InChI=1S/C25H22F2N4O3S/c1-17(32)31(20-5-3-2-4-6-20)25-28-19(16-35-25)8-10-23(33)29-11-13-30(14-12-29)24(34)18-7-9-21(26)22(27)15-18/h2-10,15-16H,11-14H2,1H3/b10-8+. The Morgan fingerprint density at radius 2 is 1.66 bits per heavy atom. The summed E-state index contributed by atoms with van der Waals surface area (Å²) < 4.78 is 26.6. The number of carbonyl (C=O) groups is 3. The number of para-hydroxylation sites is 1. The van der Waals surface area contributed by atoms with Crippen LogP contribution in [0.3, 0.4) is 0 Å². The van der Waals surface area contributed by atoms with Gasteiger partial charge in [-0.15, -0.1) is 11.3 Å². The Morgan fingerprint density at radius 3 is 2.31 bits per heavy atom. The number of benzene rings is 2. The van der Waals surface area contributed by atoms with E-state index in [1.807, 2.05) is 30.3 Å². The predicted molar refractivity (Wildman–Crippen MR) is 129 cm³/mol. The van der Waals surface area contributed by atoms with Crippen LogP contribution in [0.5, 0.6) is 0 Å². The van der Waals surface area contributed by atoms with Gasteiger partial charge in [0, 0.05) is 50.1 Å². The van der Waals surface area contributed by atoms with E-state index in [0.717, 1.165) is 12.1 Å². The number of piperazine rings is 1. The van der Waals surface area contributed by atoms with Crippen LogP contribution in [0.25, 0.3) is 6.08 Å². The fourth-order valence-electron chi connectivity index (χ4n) is 3.66. The molecule has 2 heterocycles. The largest absolute Gasteiger partial charge is 0.336 e. The Bertz CT molecular complexity index is 1270. The zero-order chi connectivity index (χ0) is 24.9. The molecule has 0 N–H and O–H groups in total. The first kappa shape index (κ1) is 24.2. The predicted octanol–water partition coefficient (Wildman–Crippen LogP) is 4.10. The number of thiazole rings is 1. The molecule has 2 aromatic carbocycles. The highest BCUT2D eigenvalue weighted by Crippen LogP contribution is 2.29. The lowest BCUT2D eigenvalue weighted by atomic mass is 10.1. The summed E-state index contributed by atoms with van der Waals surface area (Å²) in [5.74, 6) is -2.89. The minimum absolute atomic E-state index is 0.0676. The third-order valence-corrected chi connectivity index (χ3v) is 6.32. The number of rotatable bonds is 5. The van der Waals surface area contributed by atoms with Gasteiger partial charge in [0.15, 0.2) is 16.8 Å². The maximum absolute atomic E-state index is 13.4. The van der Waals surface area contributed by atoms with Crippen LogP contribution >= 0.6 is 11.3 Å². The molecule has 1 aliphatic rings. The van der Waals surface area contributed by atoms with Gasteiger partial charge in [0.25, 0.3) is 5.91 Å². The lowest BCUT2D eigenvalue weighted by Gasteiger charge is -2.34. The SMILES string of the molecule is CC(=O)N(c1ccccc1)c1nc(/C=C/C(=O)N2CCN(C(=O)c3ccc(F)c(F)c3)CC2)cs1. The third kappa shape index (κ3) is 5.60. The molecule has 7 nitrogen and oxygen atoms in total. The summed E-state index contributed by atoms with van der Waals surface area (Å²) in [6.45, 7) is 2.65. The highest BCUT2D eigenvalue weighted by molar-refractivity contribution is 7.14. The van der Waals surface area contributed by atoms with Gasteiger partial charge in [0.05, 0.1) is 11.4 Å². The van der Waals surface area contributed by atoms with E-state index in [9.17, 15) is 23.2 Å². The van der Waals surface area contributed by atoms with Crippen molar-refractivity contribution in [1.29, 1.82) is 0 Å². The second-order valence-corrected chi connectivity index (χ2v) is 8.66. The Kier molecular flexibility index (Phi) is 7.31. The first-order valence-corrected chi connectivity index (χ1v) is 11.7. The molecule has 0 atom stereocenters. The van der Waals surface area contributed by atoms with Crippen molar-refractivity contribution in [2.75, 3.05) is 31.1 Å². The van der Waals surface area contributed by atoms with Gasteiger partial charge in [-0.05, 0) is 36.4 Å². The number of carbonyl (C=O) groups excluding carboxylic acids is 3. The van der Waals surface area contributed by atoms with Crippen molar-refractivity contribution >= 4 is 46.0 Å². The first-order valence-electron chi connectivity index (χ1n) is 10.9. The second kappa shape index (κ2) is 10.6. The quantitative estimate of drug-likeness (QED) is 0.499. The molecule has 0 aliphatic carbocycles. The van der Waals surface area contributed by atoms with Gasteiger partial charge in [-0.1, -0.05) is 18.2 Å². The van der Waals surface area contributed by atoms with Crippen LogP contribution in [0.15, 0.2) is 60.0 Å². The average molecular weight is 497 g/mol. The Balaban J connectivity index is 1.35. The lowest BCUT2D eigenvalue weighted by molar-refractivity contribution is -0.127. The number of amides is 3. The number of hydrogen-bond donors (Lipinski definition) is 0. The van der Waals surface area contributed by atoms with Crippen molar-refractivity contribution in [3.8, 4) is 0 Å². The highest BCUT2D eigenvalue weighted by atomic mass is 32.1. The number of hydrogen-bond acceptors (Lipinski definition) is 5. The van der Waals surface area contributed by atoms with Crippen molar-refractivity contribution in [2.45, 2.75) is 6.92 Å². The van der Waals surface area contributed by atoms with E-state index in [0.29, 0.717) is 29.6 Å². The molecule has 3 amide bonds. The van der Waals surface area contributed by atoms with Crippen LogP contribution in [0.4, 0.5) is 19.6 Å². The van der Waals surface area contributed by atoms with E-state index in [1.54, 1.807) is 16.4 Å². The smallest absolute Gasteiger partial charge is 0.254 e. The molecule has 1 saturated heterocycles. The molecule has 1 fully saturated rings. The minimum atomic E-state index is -1.07. The minimum Gasteiger partial charge on any atom is -0.336 e. The molecular weight excluding hydrogens is 474 g/mol. The van der Waals surface area contributed by atoms with Gasteiger partial charge < -0.3 is 9.80 Å². The lowest BCUT2D eigenvalue weighted by Crippen LogP contribution is -2.50. The molecule has 4 rings (SSSR count). The molecular formula is C25H22F2N4O3S. The van der Waals surface area contributed by atoms with Gasteiger partial charge in [-0.3, -0.25) is 19.3 Å². The average Bonchev–Trinajstić information content (AvgIpc) is 3.32. The maximum atomic E-state index is 13.4. The van der Waals surface area contributed by atoms with Crippen LogP contribution < -0.4 is 4.90 Å². The maximum Gasteiger partial charge on any atom is 0.254 e.